The molecule has 2 aromatic heterocycles. The van der Waals surface area contributed by atoms with Gasteiger partial charge >= 0.3 is 5.97 Å². The second-order valence-electron chi connectivity index (χ2n) is 8.75. The van der Waals surface area contributed by atoms with E-state index in [1.807, 2.05) is 0 Å². The molecule has 0 bridgehead atoms. The molecule has 1 N–H and O–H groups in total. The highest BCUT2D eigenvalue weighted by Gasteiger charge is 2.28. The molecule has 3 heterocycles. The third-order valence-electron chi connectivity index (χ3n) is 6.16. The van der Waals surface area contributed by atoms with Gasteiger partial charge in [-0.05, 0) is 42.1 Å². The van der Waals surface area contributed by atoms with Crippen LogP contribution in [0.25, 0.3) is 28.7 Å². The summed E-state index contributed by atoms with van der Waals surface area (Å²) in [5.74, 6) is -0.681. The smallest absolute Gasteiger partial charge is 0.334 e. The van der Waals surface area contributed by atoms with E-state index in [1.165, 1.54) is 13.0 Å². The lowest BCUT2D eigenvalue weighted by molar-refractivity contribution is -0.139. The molecule has 194 valence electrons. The van der Waals surface area contributed by atoms with E-state index >= 15 is 0 Å². The van der Waals surface area contributed by atoms with Crippen LogP contribution in [0.2, 0.25) is 0 Å². The fourth-order valence-corrected chi connectivity index (χ4v) is 4.04. The monoisotopic (exact) mass is 507 g/mol. The number of benzene rings is 1. The fourth-order valence-electron chi connectivity index (χ4n) is 4.04. The summed E-state index contributed by atoms with van der Waals surface area (Å²) >= 11 is 0. The summed E-state index contributed by atoms with van der Waals surface area (Å²) in [4.78, 5) is 31.4. The SMILES string of the molecule is CCN(CC)CCn1nnc(-c2ccc(-c3ccc(/C=C4/CC(CNC(C)=O)OC4=O)cc3F)cn2)n1. The van der Waals surface area contributed by atoms with E-state index in [0.717, 1.165) is 19.6 Å². The second-order valence-corrected chi connectivity index (χ2v) is 8.75. The van der Waals surface area contributed by atoms with Crippen molar-refractivity contribution in [2.45, 2.75) is 39.8 Å². The highest BCUT2D eigenvalue weighted by molar-refractivity contribution is 5.95. The van der Waals surface area contributed by atoms with Crippen LogP contribution >= 0.6 is 0 Å². The molecule has 1 saturated heterocycles. The van der Waals surface area contributed by atoms with E-state index < -0.39 is 17.9 Å². The lowest BCUT2D eigenvalue weighted by Crippen LogP contribution is -2.30. The van der Waals surface area contributed by atoms with Gasteiger partial charge in [0, 0.05) is 42.8 Å². The number of cyclic esters (lactones) is 1. The van der Waals surface area contributed by atoms with Crippen LogP contribution in [0.3, 0.4) is 0 Å². The van der Waals surface area contributed by atoms with Gasteiger partial charge in [0.05, 0.1) is 13.1 Å². The Labute approximate surface area is 214 Å². The molecule has 3 aromatic rings. The van der Waals surface area contributed by atoms with Crippen molar-refractivity contribution in [3.63, 3.8) is 0 Å². The molecule has 1 aliphatic rings. The number of carbonyl (C=O) groups excluding carboxylic acids is 2. The van der Waals surface area contributed by atoms with Gasteiger partial charge < -0.3 is 15.0 Å². The summed E-state index contributed by atoms with van der Waals surface area (Å²) in [6.45, 7) is 9.26. The average Bonchev–Trinajstić information content (AvgIpc) is 3.50. The number of amides is 1. The lowest BCUT2D eigenvalue weighted by atomic mass is 10.0. The van der Waals surface area contributed by atoms with Crippen LogP contribution in [0.1, 0.15) is 32.8 Å². The van der Waals surface area contributed by atoms with E-state index in [4.69, 9.17) is 4.74 Å². The fraction of sp³-hybridized carbons (Fsp3) is 0.385. The molecule has 0 saturated carbocycles. The topological polar surface area (TPSA) is 115 Å². The number of rotatable bonds is 10. The van der Waals surface area contributed by atoms with Crippen LogP contribution in [-0.2, 0) is 20.9 Å². The molecule has 1 aliphatic heterocycles. The molecule has 4 rings (SSSR count). The van der Waals surface area contributed by atoms with Crippen molar-refractivity contribution >= 4 is 18.0 Å². The molecular formula is C26H30FN7O3. The highest BCUT2D eigenvalue weighted by atomic mass is 19.1. The van der Waals surface area contributed by atoms with Crippen LogP contribution < -0.4 is 5.32 Å². The van der Waals surface area contributed by atoms with E-state index in [9.17, 15) is 14.0 Å². The molecule has 0 aliphatic carbocycles. The molecule has 1 atom stereocenters. The van der Waals surface area contributed by atoms with E-state index in [1.54, 1.807) is 41.3 Å². The number of halogens is 1. The summed E-state index contributed by atoms with van der Waals surface area (Å²) in [7, 11) is 0. The number of nitrogens with one attached hydrogen (secondary N) is 1. The number of hydrogen-bond donors (Lipinski definition) is 1. The Morgan fingerprint density at radius 1 is 1.27 bits per heavy atom. The van der Waals surface area contributed by atoms with Crippen molar-refractivity contribution in [2.75, 3.05) is 26.2 Å². The number of esters is 1. The van der Waals surface area contributed by atoms with Gasteiger partial charge in [0.25, 0.3) is 0 Å². The van der Waals surface area contributed by atoms with Gasteiger partial charge in [-0.15, -0.1) is 10.2 Å². The van der Waals surface area contributed by atoms with Gasteiger partial charge in [-0.1, -0.05) is 32.0 Å². The molecule has 1 fully saturated rings. The third-order valence-corrected chi connectivity index (χ3v) is 6.16. The van der Waals surface area contributed by atoms with E-state index in [0.29, 0.717) is 46.7 Å². The molecule has 11 heteroatoms. The van der Waals surface area contributed by atoms with E-state index in [2.05, 4.69) is 44.5 Å². The molecule has 37 heavy (non-hydrogen) atoms. The minimum atomic E-state index is -0.460. The Bertz CT molecular complexity index is 1290. The lowest BCUT2D eigenvalue weighted by Gasteiger charge is -2.16. The highest BCUT2D eigenvalue weighted by Crippen LogP contribution is 2.27. The summed E-state index contributed by atoms with van der Waals surface area (Å²) in [5.41, 5.74) is 2.52. The van der Waals surface area contributed by atoms with Crippen molar-refractivity contribution < 1.29 is 18.7 Å². The first-order chi connectivity index (χ1) is 17.9. The molecule has 1 aromatic carbocycles. The zero-order valence-electron chi connectivity index (χ0n) is 21.1. The first-order valence-corrected chi connectivity index (χ1v) is 12.3. The maximum Gasteiger partial charge on any atom is 0.334 e. The van der Waals surface area contributed by atoms with Gasteiger partial charge in [-0.25, -0.2) is 9.18 Å². The van der Waals surface area contributed by atoms with E-state index in [-0.39, 0.29) is 12.5 Å². The summed E-state index contributed by atoms with van der Waals surface area (Å²) in [6.07, 6.45) is 3.11. The normalized spacial score (nSPS) is 16.4. The van der Waals surface area contributed by atoms with Crippen molar-refractivity contribution in [1.29, 1.82) is 0 Å². The van der Waals surface area contributed by atoms with Crippen molar-refractivity contribution in [2.24, 2.45) is 0 Å². The first kappa shape index (κ1) is 26.1. The number of carbonyl (C=O) groups is 2. The van der Waals surface area contributed by atoms with Crippen LogP contribution in [0.4, 0.5) is 4.39 Å². The maximum atomic E-state index is 15.0. The number of hydrogen-bond acceptors (Lipinski definition) is 8. The average molecular weight is 508 g/mol. The number of nitrogens with zero attached hydrogens (tertiary/aromatic N) is 6. The molecule has 1 unspecified atom stereocenters. The zero-order valence-corrected chi connectivity index (χ0v) is 21.1. The summed E-state index contributed by atoms with van der Waals surface area (Å²) in [6, 6.07) is 8.25. The van der Waals surface area contributed by atoms with Gasteiger partial charge in [-0.3, -0.25) is 9.78 Å². The van der Waals surface area contributed by atoms with Gasteiger partial charge in [0.1, 0.15) is 17.6 Å². The van der Waals surface area contributed by atoms with Crippen molar-refractivity contribution in [3.05, 3.63) is 53.5 Å². The number of tetrazole rings is 1. The second kappa shape index (κ2) is 11.8. The standard InChI is InChI=1S/C26H30FN7O3/c1-4-33(5-2)10-11-34-31-25(30-32-34)24-9-7-19(15-29-24)22-8-6-18(13-23(22)27)12-20-14-21(37-26(20)36)16-28-17(3)35/h6-9,12-13,15,21H,4-5,10-11,14,16H2,1-3H3,(H,28,35)/b20-12-. The van der Waals surface area contributed by atoms with Crippen LogP contribution in [0, 0.1) is 5.82 Å². The van der Waals surface area contributed by atoms with Gasteiger partial charge in [0.15, 0.2) is 0 Å². The zero-order chi connectivity index (χ0) is 26.4. The largest absolute Gasteiger partial charge is 0.457 e. The predicted octanol–water partition coefficient (Wildman–Crippen LogP) is 2.72. The quantitative estimate of drug-likeness (QED) is 0.329. The first-order valence-electron chi connectivity index (χ1n) is 12.3. The third kappa shape index (κ3) is 6.62. The number of likely N-dealkylation sites (N-methyl/N-ethyl adjacent to an activating group) is 1. The van der Waals surface area contributed by atoms with Gasteiger partial charge in [0.2, 0.25) is 11.7 Å². The van der Waals surface area contributed by atoms with Crippen molar-refractivity contribution in [3.8, 4) is 22.6 Å². The Balaban J connectivity index is 1.42. The van der Waals surface area contributed by atoms with Crippen molar-refractivity contribution in [1.82, 2.24) is 35.4 Å². The van der Waals surface area contributed by atoms with Crippen LogP contribution in [0.15, 0.2) is 42.1 Å². The molecular weight excluding hydrogens is 477 g/mol. The Kier molecular flexibility index (Phi) is 8.34. The van der Waals surface area contributed by atoms with Crippen LogP contribution in [0.5, 0.6) is 0 Å². The maximum absolute atomic E-state index is 15.0. The van der Waals surface area contributed by atoms with Crippen LogP contribution in [-0.4, -0.2) is 74.3 Å². The van der Waals surface area contributed by atoms with Gasteiger partial charge in [-0.2, -0.15) is 4.80 Å². The number of ether oxygens (including phenoxy) is 1. The molecule has 10 nitrogen and oxygen atoms in total. The molecule has 1 amide bonds. The number of pyridine rings is 1. The minimum Gasteiger partial charge on any atom is -0.457 e. The predicted molar refractivity (Wildman–Crippen MR) is 135 cm³/mol. The summed E-state index contributed by atoms with van der Waals surface area (Å²) < 4.78 is 20.2. The number of aromatic nitrogens is 5. The summed E-state index contributed by atoms with van der Waals surface area (Å²) in [5, 5.41) is 15.2. The molecule has 0 radical (unpaired) electrons. The minimum absolute atomic E-state index is 0.192. The Morgan fingerprint density at radius 2 is 2.08 bits per heavy atom. The molecule has 0 spiro atoms. The Hall–Kier alpha value is -3.99. The Morgan fingerprint density at radius 3 is 2.76 bits per heavy atom.